The number of hydrogen-bond acceptors (Lipinski definition) is 6. The summed E-state index contributed by atoms with van der Waals surface area (Å²) in [6.07, 6.45) is 0.303. The number of benzene rings is 1. The van der Waals surface area contributed by atoms with E-state index in [-0.39, 0.29) is 16.3 Å². The van der Waals surface area contributed by atoms with Gasteiger partial charge in [-0.2, -0.15) is 0 Å². The van der Waals surface area contributed by atoms with Gasteiger partial charge in [0.2, 0.25) is 21.5 Å². The molecular formula is C15H14BrClFNO6S. The highest BCUT2D eigenvalue weighted by Crippen LogP contribution is 2.48. The Balaban J connectivity index is 2.56. The zero-order valence-corrected chi connectivity index (χ0v) is 16.5. The predicted octanol–water partition coefficient (Wildman–Crippen LogP) is 3.90. The third-order valence-electron chi connectivity index (χ3n) is 3.07. The fraction of sp³-hybridized carbons (Fsp3) is 0.267. The summed E-state index contributed by atoms with van der Waals surface area (Å²) in [4.78, 5) is 11.3. The maximum absolute atomic E-state index is 14.1. The lowest BCUT2D eigenvalue weighted by Gasteiger charge is -2.06. The molecule has 142 valence electrons. The van der Waals surface area contributed by atoms with Gasteiger partial charge in [-0.1, -0.05) is 33.6 Å². The lowest BCUT2D eigenvalue weighted by atomic mass is 10.1. The van der Waals surface area contributed by atoms with Crippen LogP contribution >= 0.6 is 27.5 Å². The molecule has 2 N–H and O–H groups in total. The minimum Gasteiger partial charge on any atom is -0.502 e. The van der Waals surface area contributed by atoms with Crippen molar-refractivity contribution in [2.45, 2.75) is 13.3 Å². The predicted molar refractivity (Wildman–Crippen MR) is 97.9 cm³/mol. The number of hydrogen-bond donors (Lipinski definition) is 2. The average Bonchev–Trinajstić information content (AvgIpc) is 2.81. The van der Waals surface area contributed by atoms with Crippen molar-refractivity contribution in [3.8, 4) is 22.8 Å². The van der Waals surface area contributed by atoms with Gasteiger partial charge in [0.15, 0.2) is 5.76 Å². The van der Waals surface area contributed by atoms with E-state index < -0.39 is 45.0 Å². The maximum atomic E-state index is 14.1. The molecular weight excluding hydrogens is 457 g/mol. The minimum absolute atomic E-state index is 0.0860. The summed E-state index contributed by atoms with van der Waals surface area (Å²) in [5, 5.41) is 10.7. The average molecular weight is 471 g/mol. The SMILES string of the molecule is CC(=O)Oc1c(NS(=O)(=O)CCCBr)oc(-c2c(F)cccc2Cl)c1O. The Hall–Kier alpha value is -1.78. The summed E-state index contributed by atoms with van der Waals surface area (Å²) < 4.78 is 50.4. The highest BCUT2D eigenvalue weighted by Gasteiger charge is 2.29. The zero-order chi connectivity index (χ0) is 19.5. The summed E-state index contributed by atoms with van der Waals surface area (Å²) in [7, 11) is -3.86. The number of nitrogens with one attached hydrogen (secondary N) is 1. The molecule has 0 radical (unpaired) electrons. The van der Waals surface area contributed by atoms with E-state index in [0.29, 0.717) is 11.8 Å². The molecule has 0 unspecified atom stereocenters. The number of esters is 1. The van der Waals surface area contributed by atoms with Crippen molar-refractivity contribution < 1.29 is 31.9 Å². The fourth-order valence-electron chi connectivity index (χ4n) is 2.03. The van der Waals surface area contributed by atoms with Crippen LogP contribution in [0.3, 0.4) is 0 Å². The number of ether oxygens (including phenoxy) is 1. The molecule has 0 amide bonds. The van der Waals surface area contributed by atoms with Crippen LogP contribution in [0.1, 0.15) is 13.3 Å². The molecule has 26 heavy (non-hydrogen) atoms. The number of carbonyl (C=O) groups is 1. The van der Waals surface area contributed by atoms with E-state index in [2.05, 4.69) is 20.7 Å². The van der Waals surface area contributed by atoms with E-state index in [0.717, 1.165) is 13.0 Å². The standard InChI is InChI=1S/C15H14BrClFNO6S/c1-8(20)24-14-12(21)13(11-9(17)4-2-5-10(11)18)25-15(14)19-26(22,23)7-3-6-16/h2,4-5,19,21H,3,6-7H2,1H3. The van der Waals surface area contributed by atoms with E-state index in [1.54, 1.807) is 0 Å². The number of sulfonamides is 1. The van der Waals surface area contributed by atoms with Crippen LogP contribution in [0.15, 0.2) is 22.6 Å². The molecule has 7 nitrogen and oxygen atoms in total. The van der Waals surface area contributed by atoms with Crippen LogP contribution in [0.25, 0.3) is 11.3 Å². The number of carbonyl (C=O) groups excluding carboxylic acids is 1. The van der Waals surface area contributed by atoms with Gasteiger partial charge >= 0.3 is 5.97 Å². The zero-order valence-electron chi connectivity index (χ0n) is 13.4. The first-order valence-electron chi connectivity index (χ1n) is 7.21. The summed E-state index contributed by atoms with van der Waals surface area (Å²) in [5.41, 5.74) is -0.300. The number of anilines is 1. The Kier molecular flexibility index (Phi) is 6.53. The van der Waals surface area contributed by atoms with E-state index in [4.69, 9.17) is 20.8 Å². The largest absolute Gasteiger partial charge is 0.502 e. The third kappa shape index (κ3) is 4.68. The number of halogens is 3. The molecule has 2 aromatic rings. The second-order valence-corrected chi connectivity index (χ2v) is 8.13. The summed E-state index contributed by atoms with van der Waals surface area (Å²) in [6, 6.07) is 3.78. The van der Waals surface area contributed by atoms with Gasteiger partial charge in [0.05, 0.1) is 16.3 Å². The highest BCUT2D eigenvalue weighted by molar-refractivity contribution is 9.09. The Morgan fingerprint density at radius 1 is 1.46 bits per heavy atom. The number of furan rings is 1. The molecule has 0 aliphatic heterocycles. The first kappa shape index (κ1) is 20.5. The number of alkyl halides is 1. The van der Waals surface area contributed by atoms with E-state index in [1.165, 1.54) is 12.1 Å². The topological polar surface area (TPSA) is 106 Å². The van der Waals surface area contributed by atoms with Crippen LogP contribution < -0.4 is 9.46 Å². The molecule has 0 bridgehead atoms. The van der Waals surface area contributed by atoms with Gasteiger partial charge in [-0.15, -0.1) is 0 Å². The fourth-order valence-corrected chi connectivity index (χ4v) is 3.98. The van der Waals surface area contributed by atoms with Crippen LogP contribution in [0, 0.1) is 5.82 Å². The molecule has 0 saturated heterocycles. The third-order valence-corrected chi connectivity index (χ3v) is 5.27. The monoisotopic (exact) mass is 469 g/mol. The Bertz CT molecular complexity index is 910. The van der Waals surface area contributed by atoms with Crippen molar-refractivity contribution in [1.82, 2.24) is 0 Å². The van der Waals surface area contributed by atoms with Crippen molar-refractivity contribution >= 4 is 49.4 Å². The molecule has 0 aliphatic carbocycles. The van der Waals surface area contributed by atoms with Gasteiger partial charge in [-0.3, -0.25) is 4.79 Å². The molecule has 11 heteroatoms. The van der Waals surface area contributed by atoms with Gasteiger partial charge in [-0.05, 0) is 18.6 Å². The quantitative estimate of drug-likeness (QED) is 0.470. The number of aromatic hydroxyl groups is 1. The van der Waals surface area contributed by atoms with Crippen molar-refractivity contribution in [3.63, 3.8) is 0 Å². The molecule has 1 heterocycles. The van der Waals surface area contributed by atoms with E-state index in [1.807, 2.05) is 0 Å². The van der Waals surface area contributed by atoms with Crippen LogP contribution in [-0.2, 0) is 14.8 Å². The second-order valence-electron chi connectivity index (χ2n) is 5.09. The van der Waals surface area contributed by atoms with Crippen LogP contribution in [0.5, 0.6) is 11.5 Å². The molecule has 0 fully saturated rings. The molecule has 2 rings (SSSR count). The summed E-state index contributed by atoms with van der Waals surface area (Å²) >= 11 is 9.06. The van der Waals surface area contributed by atoms with Crippen molar-refractivity contribution in [2.75, 3.05) is 15.8 Å². The molecule has 1 aromatic heterocycles. The van der Waals surface area contributed by atoms with Gasteiger partial charge in [0.25, 0.3) is 5.88 Å². The molecule has 0 aliphatic rings. The maximum Gasteiger partial charge on any atom is 0.308 e. The van der Waals surface area contributed by atoms with Crippen molar-refractivity contribution in [1.29, 1.82) is 0 Å². The lowest BCUT2D eigenvalue weighted by Crippen LogP contribution is -2.17. The Morgan fingerprint density at radius 3 is 2.73 bits per heavy atom. The van der Waals surface area contributed by atoms with Gasteiger partial charge in [0.1, 0.15) is 5.82 Å². The summed E-state index contributed by atoms with van der Waals surface area (Å²) in [6.45, 7) is 1.05. The van der Waals surface area contributed by atoms with Crippen LogP contribution in [0.2, 0.25) is 5.02 Å². The van der Waals surface area contributed by atoms with E-state index >= 15 is 0 Å². The number of rotatable bonds is 7. The highest BCUT2D eigenvalue weighted by atomic mass is 79.9. The van der Waals surface area contributed by atoms with Crippen molar-refractivity contribution in [3.05, 3.63) is 29.0 Å². The van der Waals surface area contributed by atoms with Crippen molar-refractivity contribution in [2.24, 2.45) is 0 Å². The summed E-state index contributed by atoms with van der Waals surface area (Å²) in [5.74, 6) is -4.27. The van der Waals surface area contributed by atoms with Gasteiger partial charge in [0, 0.05) is 12.3 Å². The smallest absolute Gasteiger partial charge is 0.308 e. The molecule has 0 atom stereocenters. The Morgan fingerprint density at radius 2 is 2.15 bits per heavy atom. The molecule has 0 saturated carbocycles. The Labute approximate surface area is 162 Å². The normalized spacial score (nSPS) is 11.4. The lowest BCUT2D eigenvalue weighted by molar-refractivity contribution is -0.131. The van der Waals surface area contributed by atoms with Gasteiger partial charge in [-0.25, -0.2) is 17.5 Å². The minimum atomic E-state index is -3.86. The second kappa shape index (κ2) is 8.28. The molecule has 1 aromatic carbocycles. The van der Waals surface area contributed by atoms with E-state index in [9.17, 15) is 22.7 Å². The van der Waals surface area contributed by atoms with Gasteiger partial charge < -0.3 is 14.3 Å². The van der Waals surface area contributed by atoms with Crippen LogP contribution in [0.4, 0.5) is 10.3 Å². The first-order chi connectivity index (χ1) is 12.2. The first-order valence-corrected chi connectivity index (χ1v) is 10.4. The van der Waals surface area contributed by atoms with Crippen LogP contribution in [-0.4, -0.2) is 30.6 Å². The molecule has 0 spiro atoms.